The third-order valence-corrected chi connectivity index (χ3v) is 6.84. The molecule has 2 amide bonds. The third kappa shape index (κ3) is 3.89. The van der Waals surface area contributed by atoms with Gasteiger partial charge in [0.2, 0.25) is 5.91 Å². The molecular weight excluding hydrogens is 378 g/mol. The van der Waals surface area contributed by atoms with Crippen LogP contribution in [0.25, 0.3) is 10.2 Å². The molecule has 0 radical (unpaired) electrons. The molecule has 1 aliphatic rings. The van der Waals surface area contributed by atoms with Gasteiger partial charge in [-0.3, -0.25) is 14.9 Å². The van der Waals surface area contributed by atoms with Gasteiger partial charge in [0.05, 0.1) is 5.75 Å². The molecule has 4 rings (SSSR count). The average molecular weight is 398 g/mol. The Bertz CT molecular complexity index is 1000. The van der Waals surface area contributed by atoms with Crippen molar-refractivity contribution in [3.8, 4) is 0 Å². The number of carbonyl (C=O) groups excluding carboxylic acids is 2. The molecule has 1 aliphatic carbocycles. The van der Waals surface area contributed by atoms with Gasteiger partial charge in [-0.25, -0.2) is 9.97 Å². The Kier molecular flexibility index (Phi) is 5.22. The molecule has 2 heterocycles. The fourth-order valence-corrected chi connectivity index (χ4v) is 5.55. The van der Waals surface area contributed by atoms with Crippen LogP contribution in [0.1, 0.15) is 34.1 Å². The fraction of sp³-hybridized carbons (Fsp3) is 0.300. The lowest BCUT2D eigenvalue weighted by molar-refractivity contribution is -0.117. The molecule has 7 heteroatoms. The first kappa shape index (κ1) is 18.1. The van der Waals surface area contributed by atoms with Crippen molar-refractivity contribution in [3.63, 3.8) is 0 Å². The number of fused-ring (bicyclic) bond motifs is 3. The second-order valence-electron chi connectivity index (χ2n) is 6.74. The van der Waals surface area contributed by atoms with E-state index in [1.165, 1.54) is 28.6 Å². The molecule has 0 bridgehead atoms. The van der Waals surface area contributed by atoms with E-state index in [4.69, 9.17) is 0 Å². The van der Waals surface area contributed by atoms with Crippen molar-refractivity contribution < 1.29 is 9.59 Å². The summed E-state index contributed by atoms with van der Waals surface area (Å²) >= 11 is 3.11. The van der Waals surface area contributed by atoms with E-state index in [-0.39, 0.29) is 17.6 Å². The van der Waals surface area contributed by atoms with Crippen molar-refractivity contribution in [3.05, 3.63) is 52.7 Å². The molecule has 0 saturated carbocycles. The molecular formula is C20H19N3O2S2. The summed E-state index contributed by atoms with van der Waals surface area (Å²) in [5, 5.41) is 4.36. The maximum atomic E-state index is 12.2. The van der Waals surface area contributed by atoms with E-state index in [2.05, 4.69) is 22.2 Å². The molecule has 0 spiro atoms. The van der Waals surface area contributed by atoms with E-state index in [0.717, 1.165) is 28.1 Å². The minimum Gasteiger partial charge on any atom is -0.292 e. The number of rotatable bonds is 4. The first-order valence-electron chi connectivity index (χ1n) is 8.89. The van der Waals surface area contributed by atoms with Gasteiger partial charge in [-0.05, 0) is 42.9 Å². The zero-order valence-corrected chi connectivity index (χ0v) is 16.5. The van der Waals surface area contributed by atoms with Crippen LogP contribution in [-0.4, -0.2) is 27.5 Å². The SMILES string of the molecule is C[C@H]1CCc2c(sc3ncnc(SCC(=O)NC(=O)c4ccccc4)c23)C1. The highest BCUT2D eigenvalue weighted by molar-refractivity contribution is 8.00. The quantitative estimate of drug-likeness (QED) is 0.535. The number of amides is 2. The van der Waals surface area contributed by atoms with Crippen LogP contribution in [0.5, 0.6) is 0 Å². The van der Waals surface area contributed by atoms with E-state index in [1.807, 2.05) is 6.07 Å². The Morgan fingerprint density at radius 1 is 1.26 bits per heavy atom. The number of aryl methyl sites for hydroxylation is 1. The molecule has 2 aromatic heterocycles. The number of imide groups is 1. The van der Waals surface area contributed by atoms with Gasteiger partial charge in [0.15, 0.2) is 0 Å². The standard InChI is InChI=1S/C20H19N3O2S2/c1-12-7-8-14-15(9-12)27-20-17(14)19(21-11-22-20)26-10-16(24)23-18(25)13-5-3-2-4-6-13/h2-6,11-12H,7-10H2,1H3,(H,23,24,25)/t12-/m0/s1. The number of nitrogens with zero attached hydrogens (tertiary/aromatic N) is 2. The number of hydrogen-bond donors (Lipinski definition) is 1. The predicted octanol–water partition coefficient (Wildman–Crippen LogP) is 3.86. The lowest BCUT2D eigenvalue weighted by Crippen LogP contribution is -2.31. The number of hydrogen-bond acceptors (Lipinski definition) is 6. The van der Waals surface area contributed by atoms with Gasteiger partial charge in [0.25, 0.3) is 5.91 Å². The van der Waals surface area contributed by atoms with Crippen molar-refractivity contribution in [2.75, 3.05) is 5.75 Å². The largest absolute Gasteiger partial charge is 0.292 e. The number of thioether (sulfide) groups is 1. The van der Waals surface area contributed by atoms with Gasteiger partial charge in [-0.1, -0.05) is 36.9 Å². The van der Waals surface area contributed by atoms with Crippen molar-refractivity contribution >= 4 is 45.1 Å². The molecule has 1 aromatic carbocycles. The smallest absolute Gasteiger partial charge is 0.257 e. The summed E-state index contributed by atoms with van der Waals surface area (Å²) in [5.74, 6) is 0.143. The van der Waals surface area contributed by atoms with Crippen LogP contribution in [0.4, 0.5) is 0 Å². The number of benzene rings is 1. The van der Waals surface area contributed by atoms with Crippen LogP contribution in [0.2, 0.25) is 0 Å². The Balaban J connectivity index is 1.48. The van der Waals surface area contributed by atoms with Crippen molar-refractivity contribution in [1.29, 1.82) is 0 Å². The molecule has 0 saturated heterocycles. The van der Waals surface area contributed by atoms with E-state index in [9.17, 15) is 9.59 Å². The second-order valence-corrected chi connectivity index (χ2v) is 8.79. The van der Waals surface area contributed by atoms with Gasteiger partial charge in [0, 0.05) is 15.8 Å². The molecule has 3 aromatic rings. The topological polar surface area (TPSA) is 72.0 Å². The highest BCUT2D eigenvalue weighted by Gasteiger charge is 2.23. The summed E-state index contributed by atoms with van der Waals surface area (Å²) in [7, 11) is 0. The number of thiophene rings is 1. The summed E-state index contributed by atoms with van der Waals surface area (Å²) in [6, 6.07) is 8.74. The summed E-state index contributed by atoms with van der Waals surface area (Å²) in [6.07, 6.45) is 4.86. The van der Waals surface area contributed by atoms with Crippen molar-refractivity contribution in [2.24, 2.45) is 5.92 Å². The van der Waals surface area contributed by atoms with Crippen LogP contribution in [0, 0.1) is 5.92 Å². The molecule has 0 fully saturated rings. The number of carbonyl (C=O) groups is 2. The monoisotopic (exact) mass is 397 g/mol. The van der Waals surface area contributed by atoms with Crippen LogP contribution in [-0.2, 0) is 17.6 Å². The molecule has 138 valence electrons. The minimum absolute atomic E-state index is 0.145. The first-order valence-corrected chi connectivity index (χ1v) is 10.7. The van der Waals surface area contributed by atoms with Crippen molar-refractivity contribution in [1.82, 2.24) is 15.3 Å². The van der Waals surface area contributed by atoms with Crippen LogP contribution in [0.3, 0.4) is 0 Å². The second kappa shape index (κ2) is 7.78. The van der Waals surface area contributed by atoms with Gasteiger partial charge < -0.3 is 0 Å². The molecule has 0 aliphatic heterocycles. The normalized spacial score (nSPS) is 16.1. The van der Waals surface area contributed by atoms with Gasteiger partial charge in [0.1, 0.15) is 16.2 Å². The highest BCUT2D eigenvalue weighted by Crippen LogP contribution is 2.40. The Morgan fingerprint density at radius 2 is 2.07 bits per heavy atom. The highest BCUT2D eigenvalue weighted by atomic mass is 32.2. The van der Waals surface area contributed by atoms with Gasteiger partial charge >= 0.3 is 0 Å². The number of aromatic nitrogens is 2. The van der Waals surface area contributed by atoms with Gasteiger partial charge in [-0.2, -0.15) is 0 Å². The molecule has 5 nitrogen and oxygen atoms in total. The van der Waals surface area contributed by atoms with Crippen molar-refractivity contribution in [2.45, 2.75) is 31.2 Å². The first-order chi connectivity index (χ1) is 13.1. The summed E-state index contributed by atoms with van der Waals surface area (Å²) in [4.78, 5) is 35.5. The van der Waals surface area contributed by atoms with E-state index in [0.29, 0.717) is 11.5 Å². The number of nitrogens with one attached hydrogen (secondary N) is 1. The molecule has 27 heavy (non-hydrogen) atoms. The van der Waals surface area contributed by atoms with E-state index in [1.54, 1.807) is 41.9 Å². The average Bonchev–Trinajstić information content (AvgIpc) is 3.05. The summed E-state index contributed by atoms with van der Waals surface area (Å²) in [6.45, 7) is 2.28. The minimum atomic E-state index is -0.379. The zero-order valence-electron chi connectivity index (χ0n) is 14.9. The fourth-order valence-electron chi connectivity index (χ4n) is 3.31. The lowest BCUT2D eigenvalue weighted by atomic mass is 9.89. The molecule has 1 atom stereocenters. The Morgan fingerprint density at radius 3 is 2.89 bits per heavy atom. The Hall–Kier alpha value is -2.25. The summed E-state index contributed by atoms with van der Waals surface area (Å²) < 4.78 is 0. The lowest BCUT2D eigenvalue weighted by Gasteiger charge is -2.18. The van der Waals surface area contributed by atoms with Crippen LogP contribution < -0.4 is 5.32 Å². The van der Waals surface area contributed by atoms with Crippen LogP contribution in [0.15, 0.2) is 41.7 Å². The third-order valence-electron chi connectivity index (χ3n) is 4.69. The van der Waals surface area contributed by atoms with Crippen LogP contribution >= 0.6 is 23.1 Å². The molecule has 0 unspecified atom stereocenters. The molecule has 1 N–H and O–H groups in total. The Labute approximate surface area is 165 Å². The summed E-state index contributed by atoms with van der Waals surface area (Å²) in [5.41, 5.74) is 1.82. The maximum absolute atomic E-state index is 12.2. The van der Waals surface area contributed by atoms with E-state index >= 15 is 0 Å². The van der Waals surface area contributed by atoms with E-state index < -0.39 is 0 Å². The predicted molar refractivity (Wildman–Crippen MR) is 108 cm³/mol. The zero-order chi connectivity index (χ0) is 18.8. The maximum Gasteiger partial charge on any atom is 0.257 e. The van der Waals surface area contributed by atoms with Gasteiger partial charge in [-0.15, -0.1) is 11.3 Å².